The molecule has 5 aromatic rings. The van der Waals surface area contributed by atoms with E-state index in [0.29, 0.717) is 12.4 Å². The summed E-state index contributed by atoms with van der Waals surface area (Å²) in [5.41, 5.74) is 6.59. The third-order valence-corrected chi connectivity index (χ3v) is 6.54. The lowest BCUT2D eigenvalue weighted by Gasteiger charge is -2.24. The van der Waals surface area contributed by atoms with Gasteiger partial charge in [-0.15, -0.1) is 11.3 Å². The molecule has 2 aromatic carbocycles. The van der Waals surface area contributed by atoms with Gasteiger partial charge >= 0.3 is 0 Å². The highest BCUT2D eigenvalue weighted by Crippen LogP contribution is 2.37. The Kier molecular flexibility index (Phi) is 5.12. The van der Waals surface area contributed by atoms with Gasteiger partial charge in [0.2, 0.25) is 0 Å². The monoisotopic (exact) mass is 458 g/mol. The molecule has 0 radical (unpaired) electrons. The number of anilines is 2. The highest BCUT2D eigenvalue weighted by molar-refractivity contribution is 7.16. The van der Waals surface area contributed by atoms with Crippen LogP contribution in [0.25, 0.3) is 32.2 Å². The summed E-state index contributed by atoms with van der Waals surface area (Å²) in [4.78, 5) is 13.5. The summed E-state index contributed by atoms with van der Waals surface area (Å²) in [5, 5.41) is 8.64. The van der Waals surface area contributed by atoms with Crippen LogP contribution >= 0.6 is 11.3 Å². The van der Waals surface area contributed by atoms with Crippen molar-refractivity contribution in [1.29, 1.82) is 0 Å². The number of nitrogens with zero attached hydrogens (tertiary/aromatic N) is 5. The van der Waals surface area contributed by atoms with E-state index < -0.39 is 0 Å². The fourth-order valence-corrected chi connectivity index (χ4v) is 4.85. The van der Waals surface area contributed by atoms with Crippen molar-refractivity contribution in [2.75, 3.05) is 18.5 Å². The molecule has 1 aliphatic rings. The zero-order chi connectivity index (χ0) is 22.2. The van der Waals surface area contributed by atoms with Gasteiger partial charge in [0.1, 0.15) is 24.0 Å². The second-order valence-electron chi connectivity index (χ2n) is 8.11. The Bertz CT molecular complexity index is 1440. The maximum Gasteiger partial charge on any atom is 0.145 e. The Balaban J connectivity index is 1.46. The summed E-state index contributed by atoms with van der Waals surface area (Å²) < 4.78 is 15.1. The topological polar surface area (TPSA) is 87.0 Å². The minimum absolute atomic E-state index is 0.00676. The first kappa shape index (κ1) is 20.1. The first-order valence-corrected chi connectivity index (χ1v) is 11.7. The van der Waals surface area contributed by atoms with E-state index in [2.05, 4.69) is 43.6 Å². The predicted molar refractivity (Wildman–Crippen MR) is 129 cm³/mol. The fraction of sp³-hybridized carbons (Fsp3) is 0.250. The van der Waals surface area contributed by atoms with E-state index in [0.717, 1.165) is 63.1 Å². The van der Waals surface area contributed by atoms with Gasteiger partial charge in [-0.1, -0.05) is 0 Å². The highest BCUT2D eigenvalue weighted by Gasteiger charge is 2.20. The van der Waals surface area contributed by atoms with Crippen molar-refractivity contribution < 1.29 is 9.47 Å². The lowest BCUT2D eigenvalue weighted by atomic mass is 10.1. The highest BCUT2D eigenvalue weighted by atomic mass is 32.1. The zero-order valence-corrected chi connectivity index (χ0v) is 18.9. The molecule has 3 aromatic heterocycles. The van der Waals surface area contributed by atoms with E-state index >= 15 is 0 Å². The number of ether oxygens (including phenoxy) is 2. The average Bonchev–Trinajstić information content (AvgIpc) is 3.48. The van der Waals surface area contributed by atoms with E-state index in [1.165, 1.54) is 0 Å². The molecule has 1 atom stereocenters. The first-order chi connectivity index (χ1) is 16.2. The molecule has 9 heteroatoms. The molecular formula is C24H22N6O2S. The molecule has 1 fully saturated rings. The molecule has 4 heterocycles. The molecular weight excluding hydrogens is 436 g/mol. The summed E-state index contributed by atoms with van der Waals surface area (Å²) in [6, 6.07) is 10.2. The van der Waals surface area contributed by atoms with Crippen molar-refractivity contribution in [1.82, 2.24) is 24.7 Å². The summed E-state index contributed by atoms with van der Waals surface area (Å²) in [5.74, 6) is 1.44. The Morgan fingerprint density at radius 2 is 2.09 bits per heavy atom. The van der Waals surface area contributed by atoms with Crippen molar-refractivity contribution in [3.8, 4) is 16.9 Å². The molecule has 1 saturated heterocycles. The SMILES string of the molecule is Cn1cc(-c2cc(OC3CCCOC3)c3c(Nc4ccc5ncsc5c4)ncnc3c2)cn1. The quantitative estimate of drug-likeness (QED) is 0.399. The largest absolute Gasteiger partial charge is 0.487 e. The summed E-state index contributed by atoms with van der Waals surface area (Å²) in [7, 11) is 1.91. The third-order valence-electron chi connectivity index (χ3n) is 5.75. The molecule has 0 amide bonds. The molecule has 1 aliphatic heterocycles. The van der Waals surface area contributed by atoms with Gasteiger partial charge in [0, 0.05) is 31.1 Å². The number of fused-ring (bicyclic) bond motifs is 2. The lowest BCUT2D eigenvalue weighted by Crippen LogP contribution is -2.28. The maximum atomic E-state index is 6.49. The summed E-state index contributed by atoms with van der Waals surface area (Å²) >= 11 is 1.61. The van der Waals surface area contributed by atoms with Crippen LogP contribution in [-0.4, -0.2) is 44.1 Å². The number of aryl methyl sites for hydroxylation is 1. The van der Waals surface area contributed by atoms with E-state index in [4.69, 9.17) is 9.47 Å². The van der Waals surface area contributed by atoms with Crippen molar-refractivity contribution in [3.63, 3.8) is 0 Å². The number of aromatic nitrogens is 5. The molecule has 0 aliphatic carbocycles. The van der Waals surface area contributed by atoms with E-state index in [1.54, 1.807) is 22.3 Å². The van der Waals surface area contributed by atoms with Crippen LogP contribution in [0.3, 0.4) is 0 Å². The van der Waals surface area contributed by atoms with Gasteiger partial charge < -0.3 is 14.8 Å². The summed E-state index contributed by atoms with van der Waals surface area (Å²) in [6.07, 6.45) is 7.35. The van der Waals surface area contributed by atoms with Gasteiger partial charge in [0.25, 0.3) is 0 Å². The number of benzene rings is 2. The zero-order valence-electron chi connectivity index (χ0n) is 18.1. The van der Waals surface area contributed by atoms with Gasteiger partial charge in [-0.3, -0.25) is 4.68 Å². The van der Waals surface area contributed by atoms with Crippen LogP contribution in [-0.2, 0) is 11.8 Å². The molecule has 6 rings (SSSR count). The predicted octanol–water partition coefficient (Wildman–Crippen LogP) is 4.94. The molecule has 1 unspecified atom stereocenters. The van der Waals surface area contributed by atoms with Crippen LogP contribution in [0.2, 0.25) is 0 Å². The van der Waals surface area contributed by atoms with Crippen molar-refractivity contribution in [2.45, 2.75) is 18.9 Å². The van der Waals surface area contributed by atoms with E-state index in [9.17, 15) is 0 Å². The van der Waals surface area contributed by atoms with Crippen LogP contribution in [0.15, 0.2) is 54.6 Å². The number of nitrogens with one attached hydrogen (secondary N) is 1. The normalized spacial score (nSPS) is 16.3. The van der Waals surface area contributed by atoms with Crippen molar-refractivity contribution in [2.24, 2.45) is 7.05 Å². The Morgan fingerprint density at radius 3 is 2.94 bits per heavy atom. The molecule has 33 heavy (non-hydrogen) atoms. The van der Waals surface area contributed by atoms with Crippen molar-refractivity contribution in [3.05, 3.63) is 54.6 Å². The standard InChI is InChI=1S/C24H22N6O2S/c1-30-11-16(10-28-30)15-7-20-23(21(8-15)32-18-3-2-6-31-12-18)24(26-13-25-20)29-17-4-5-19-22(9-17)33-14-27-19/h4-5,7-11,13-14,18H,2-3,6,12H2,1H3,(H,25,26,29). The summed E-state index contributed by atoms with van der Waals surface area (Å²) in [6.45, 7) is 1.36. The van der Waals surface area contributed by atoms with E-state index in [1.807, 2.05) is 37.1 Å². The van der Waals surface area contributed by atoms with Gasteiger partial charge in [-0.2, -0.15) is 5.10 Å². The Labute approximate surface area is 194 Å². The van der Waals surface area contributed by atoms with Crippen LogP contribution < -0.4 is 10.1 Å². The van der Waals surface area contributed by atoms with Crippen molar-refractivity contribution >= 4 is 44.0 Å². The number of hydrogen-bond donors (Lipinski definition) is 1. The van der Waals surface area contributed by atoms with Crippen LogP contribution in [0, 0.1) is 0 Å². The van der Waals surface area contributed by atoms with Crippen LogP contribution in [0.4, 0.5) is 11.5 Å². The minimum Gasteiger partial charge on any atom is -0.487 e. The second kappa shape index (κ2) is 8.42. The van der Waals surface area contributed by atoms with Gasteiger partial charge in [-0.25, -0.2) is 15.0 Å². The Morgan fingerprint density at radius 1 is 1.12 bits per heavy atom. The van der Waals surface area contributed by atoms with Gasteiger partial charge in [0.05, 0.1) is 39.4 Å². The number of hydrogen-bond acceptors (Lipinski definition) is 8. The molecule has 1 N–H and O–H groups in total. The van der Waals surface area contributed by atoms with E-state index in [-0.39, 0.29) is 6.10 Å². The van der Waals surface area contributed by atoms with Crippen LogP contribution in [0.5, 0.6) is 5.75 Å². The smallest absolute Gasteiger partial charge is 0.145 e. The Hall–Kier alpha value is -3.56. The molecule has 8 nitrogen and oxygen atoms in total. The van der Waals surface area contributed by atoms with Crippen LogP contribution in [0.1, 0.15) is 12.8 Å². The van der Waals surface area contributed by atoms with Gasteiger partial charge in [-0.05, 0) is 48.7 Å². The lowest BCUT2D eigenvalue weighted by molar-refractivity contribution is 0.00811. The molecule has 0 bridgehead atoms. The second-order valence-corrected chi connectivity index (χ2v) is 9.00. The fourth-order valence-electron chi connectivity index (χ4n) is 4.13. The first-order valence-electron chi connectivity index (χ1n) is 10.9. The molecule has 0 saturated carbocycles. The number of rotatable bonds is 5. The number of thiazole rings is 1. The minimum atomic E-state index is -0.00676. The maximum absolute atomic E-state index is 6.49. The van der Waals surface area contributed by atoms with Gasteiger partial charge in [0.15, 0.2) is 0 Å². The average molecular weight is 459 g/mol. The molecule has 166 valence electrons. The third kappa shape index (κ3) is 4.01. The molecule has 0 spiro atoms.